The molecule has 1 saturated heterocycles. The van der Waals surface area contributed by atoms with Gasteiger partial charge in [0.15, 0.2) is 5.82 Å². The second kappa shape index (κ2) is 8.00. The summed E-state index contributed by atoms with van der Waals surface area (Å²) in [5.74, 6) is 0.492. The van der Waals surface area contributed by atoms with Crippen LogP contribution in [-0.2, 0) is 0 Å². The lowest BCUT2D eigenvalue weighted by atomic mass is 10.1. The molecule has 5 rings (SSSR count). The van der Waals surface area contributed by atoms with Crippen molar-refractivity contribution in [3.05, 3.63) is 78.4 Å². The molecule has 0 bridgehead atoms. The van der Waals surface area contributed by atoms with Gasteiger partial charge in [0.05, 0.1) is 17.3 Å². The van der Waals surface area contributed by atoms with Gasteiger partial charge in [-0.15, -0.1) is 10.6 Å². The van der Waals surface area contributed by atoms with Gasteiger partial charge >= 0.3 is 0 Å². The number of benzene rings is 2. The first-order valence-corrected chi connectivity index (χ1v) is 9.75. The number of nitrogens with one attached hydrogen (secondary N) is 3. The number of anilines is 1. The van der Waals surface area contributed by atoms with E-state index >= 15 is 0 Å². The van der Waals surface area contributed by atoms with Crippen LogP contribution in [0, 0.1) is 5.82 Å². The van der Waals surface area contributed by atoms with E-state index in [1.54, 1.807) is 12.1 Å². The van der Waals surface area contributed by atoms with Crippen LogP contribution in [0.4, 0.5) is 10.1 Å². The molecule has 0 aliphatic carbocycles. The van der Waals surface area contributed by atoms with E-state index in [0.29, 0.717) is 30.0 Å². The summed E-state index contributed by atoms with van der Waals surface area (Å²) in [6.45, 7) is 1.25. The van der Waals surface area contributed by atoms with Crippen molar-refractivity contribution < 1.29 is 9.18 Å². The molecule has 1 aromatic heterocycles. The number of carbonyl (C=O) groups excluding carboxylic acids is 1. The fourth-order valence-corrected chi connectivity index (χ4v) is 3.42. The van der Waals surface area contributed by atoms with Crippen LogP contribution in [0.3, 0.4) is 0 Å². The van der Waals surface area contributed by atoms with E-state index in [0.717, 1.165) is 11.6 Å². The lowest BCUT2D eigenvalue weighted by Crippen LogP contribution is -2.64. The number of nitrogens with zero attached hydrogens (tertiary/aromatic N) is 5. The minimum absolute atomic E-state index is 0.0173. The van der Waals surface area contributed by atoms with Gasteiger partial charge in [0.1, 0.15) is 5.82 Å². The van der Waals surface area contributed by atoms with E-state index in [-0.39, 0.29) is 17.8 Å². The normalized spacial score (nSPS) is 15.8. The van der Waals surface area contributed by atoms with Crippen LogP contribution in [0.15, 0.2) is 72.1 Å². The van der Waals surface area contributed by atoms with Crippen LogP contribution >= 0.6 is 0 Å². The number of halogens is 1. The predicted molar refractivity (Wildman–Crippen MR) is 113 cm³/mol. The van der Waals surface area contributed by atoms with Crippen molar-refractivity contribution in [1.82, 2.24) is 31.3 Å². The van der Waals surface area contributed by atoms with Gasteiger partial charge in [-0.25, -0.2) is 24.9 Å². The van der Waals surface area contributed by atoms with Crippen molar-refractivity contribution in [1.29, 1.82) is 0 Å². The number of hydrazone groups is 1. The maximum absolute atomic E-state index is 13.4. The molecule has 0 atom stereocenters. The van der Waals surface area contributed by atoms with Gasteiger partial charge < -0.3 is 10.2 Å². The average molecular weight is 418 g/mol. The highest BCUT2D eigenvalue weighted by Crippen LogP contribution is 2.19. The van der Waals surface area contributed by atoms with E-state index in [1.165, 1.54) is 24.5 Å². The maximum atomic E-state index is 13.4. The monoisotopic (exact) mass is 418 g/mol. The first-order valence-electron chi connectivity index (χ1n) is 9.75. The molecule has 1 fully saturated rings. The number of rotatable bonds is 4. The Hall–Kier alpha value is -4.05. The van der Waals surface area contributed by atoms with Crippen LogP contribution in [0.25, 0.3) is 11.4 Å². The summed E-state index contributed by atoms with van der Waals surface area (Å²) in [5.41, 5.74) is 7.62. The second-order valence-corrected chi connectivity index (χ2v) is 7.19. The van der Waals surface area contributed by atoms with E-state index in [1.807, 2.05) is 35.3 Å². The molecule has 0 unspecified atom stereocenters. The third-order valence-corrected chi connectivity index (χ3v) is 5.03. The Labute approximate surface area is 177 Å². The lowest BCUT2D eigenvalue weighted by Gasteiger charge is -2.42. The standard InChI is InChI=1S/C21H19FN8O/c22-16-6-4-5-14(9-16)19-23-10-15(11-24-19)20(31)25-17-12-29(13-17)21-26-27-28-30(21)18-7-2-1-3-8-18/h1-11,17,27-28H,12-13H2,(H,25,31). The zero-order valence-corrected chi connectivity index (χ0v) is 16.4. The fourth-order valence-electron chi connectivity index (χ4n) is 3.42. The zero-order chi connectivity index (χ0) is 21.2. The molecular weight excluding hydrogens is 399 g/mol. The maximum Gasteiger partial charge on any atom is 0.254 e. The van der Waals surface area contributed by atoms with Crippen molar-refractivity contribution in [2.75, 3.05) is 18.1 Å². The van der Waals surface area contributed by atoms with Crippen molar-refractivity contribution in [3.8, 4) is 11.4 Å². The number of hydrazine groups is 2. The molecule has 31 heavy (non-hydrogen) atoms. The van der Waals surface area contributed by atoms with Crippen molar-refractivity contribution in [2.45, 2.75) is 6.04 Å². The Kier molecular flexibility index (Phi) is 4.89. The third kappa shape index (κ3) is 3.88. The summed E-state index contributed by atoms with van der Waals surface area (Å²) in [6.07, 6.45) is 2.90. The lowest BCUT2D eigenvalue weighted by molar-refractivity contribution is 0.0888. The molecule has 9 nitrogen and oxygen atoms in total. The van der Waals surface area contributed by atoms with Crippen molar-refractivity contribution in [2.24, 2.45) is 5.10 Å². The Morgan fingerprint density at radius 3 is 2.58 bits per heavy atom. The molecule has 2 aromatic carbocycles. The van der Waals surface area contributed by atoms with Crippen LogP contribution in [0.1, 0.15) is 10.4 Å². The van der Waals surface area contributed by atoms with Gasteiger partial charge in [-0.2, -0.15) is 0 Å². The summed E-state index contributed by atoms with van der Waals surface area (Å²) in [6, 6.07) is 15.8. The van der Waals surface area contributed by atoms with Crippen LogP contribution in [0.5, 0.6) is 0 Å². The Morgan fingerprint density at radius 1 is 1.06 bits per heavy atom. The predicted octanol–water partition coefficient (Wildman–Crippen LogP) is 1.50. The fraction of sp³-hybridized carbons (Fsp3) is 0.143. The topological polar surface area (TPSA) is 97.8 Å². The Balaban J connectivity index is 1.17. The second-order valence-electron chi connectivity index (χ2n) is 7.19. The van der Waals surface area contributed by atoms with Gasteiger partial charge in [-0.3, -0.25) is 4.79 Å². The van der Waals surface area contributed by atoms with Gasteiger partial charge in [0, 0.05) is 31.0 Å². The number of guanidine groups is 1. The highest BCUT2D eigenvalue weighted by molar-refractivity contribution is 5.97. The van der Waals surface area contributed by atoms with Crippen LogP contribution in [-0.4, -0.2) is 45.9 Å². The zero-order valence-electron chi connectivity index (χ0n) is 16.4. The molecule has 10 heteroatoms. The number of carbonyl (C=O) groups is 1. The number of hydrogen-bond acceptors (Lipinski definition) is 8. The van der Waals surface area contributed by atoms with Crippen LogP contribution < -0.4 is 21.4 Å². The summed E-state index contributed by atoms with van der Waals surface area (Å²) in [7, 11) is 0. The molecule has 1 amide bonds. The number of para-hydroxylation sites is 1. The summed E-state index contributed by atoms with van der Waals surface area (Å²) < 4.78 is 13.4. The van der Waals surface area contributed by atoms with Gasteiger partial charge in [0.2, 0.25) is 5.96 Å². The Morgan fingerprint density at radius 2 is 1.84 bits per heavy atom. The van der Waals surface area contributed by atoms with E-state index in [4.69, 9.17) is 0 Å². The summed E-state index contributed by atoms with van der Waals surface area (Å²) >= 11 is 0. The van der Waals surface area contributed by atoms with E-state index in [9.17, 15) is 9.18 Å². The average Bonchev–Trinajstić information content (AvgIpc) is 3.26. The summed E-state index contributed by atoms with van der Waals surface area (Å²) in [4.78, 5) is 23.0. The molecule has 2 aliphatic rings. The van der Waals surface area contributed by atoms with Gasteiger partial charge in [-0.1, -0.05) is 30.3 Å². The van der Waals surface area contributed by atoms with Gasteiger partial charge in [-0.05, 0) is 24.3 Å². The number of amides is 1. The largest absolute Gasteiger partial charge is 0.346 e. The summed E-state index contributed by atoms with van der Waals surface area (Å²) in [5, 5.41) is 9.10. The van der Waals surface area contributed by atoms with E-state index < -0.39 is 0 Å². The third-order valence-electron chi connectivity index (χ3n) is 5.03. The first kappa shape index (κ1) is 18.9. The van der Waals surface area contributed by atoms with Crippen molar-refractivity contribution >= 4 is 17.6 Å². The number of likely N-dealkylation sites (tertiary alicyclic amines) is 1. The number of hydrogen-bond donors (Lipinski definition) is 3. The highest BCUT2D eigenvalue weighted by atomic mass is 19.1. The van der Waals surface area contributed by atoms with Crippen LogP contribution in [0.2, 0.25) is 0 Å². The minimum Gasteiger partial charge on any atom is -0.346 e. The van der Waals surface area contributed by atoms with Crippen molar-refractivity contribution in [3.63, 3.8) is 0 Å². The molecule has 0 radical (unpaired) electrons. The number of aromatic nitrogens is 2. The smallest absolute Gasteiger partial charge is 0.254 e. The molecule has 3 aromatic rings. The molecule has 3 heterocycles. The molecule has 156 valence electrons. The molecular formula is C21H19FN8O. The SMILES string of the molecule is O=C(NC1CN(C2=NNNN2c2ccccc2)C1)c1cnc(-c2cccc(F)c2)nc1. The van der Waals surface area contributed by atoms with E-state index in [2.05, 4.69) is 36.4 Å². The highest BCUT2D eigenvalue weighted by Gasteiger charge is 2.35. The Bertz CT molecular complexity index is 1120. The quantitative estimate of drug-likeness (QED) is 0.591. The molecule has 0 saturated carbocycles. The first-order chi connectivity index (χ1) is 15.2. The minimum atomic E-state index is -0.361. The molecule has 3 N–H and O–H groups in total. The molecule has 2 aliphatic heterocycles. The molecule has 0 spiro atoms. The van der Waals surface area contributed by atoms with Gasteiger partial charge in [0.25, 0.3) is 5.91 Å².